The number of nitrogens with one attached hydrogen (secondary N) is 3. The first kappa shape index (κ1) is 18.6. The molecule has 1 heterocycles. The molecule has 2 rings (SSSR count). The highest BCUT2D eigenvalue weighted by atomic mass is 35.5. The van der Waals surface area contributed by atoms with Gasteiger partial charge in [-0.15, -0.1) is 0 Å². The standard InChI is InChI=1S/C16H17ClN4O4/c1-16(2,8-22)14(25)20-12(23)9-3-4-11(17)10(7-9)13(24)21-15-18-5-6-19-15/h3-7,22H,8H2,1-2H3,(H,20,23,25)(H2,18,19,21,24). The topological polar surface area (TPSA) is 124 Å². The highest BCUT2D eigenvalue weighted by Crippen LogP contribution is 2.19. The van der Waals surface area contributed by atoms with Gasteiger partial charge in [0, 0.05) is 18.0 Å². The summed E-state index contributed by atoms with van der Waals surface area (Å²) in [4.78, 5) is 43.0. The molecule has 0 aliphatic carbocycles. The van der Waals surface area contributed by atoms with E-state index in [1.165, 1.54) is 44.4 Å². The second kappa shape index (κ2) is 7.45. The van der Waals surface area contributed by atoms with E-state index in [2.05, 4.69) is 20.6 Å². The second-order valence-electron chi connectivity index (χ2n) is 5.91. The first-order valence-corrected chi connectivity index (χ1v) is 7.69. The number of carbonyl (C=O) groups is 3. The Morgan fingerprint density at radius 2 is 2.00 bits per heavy atom. The average molecular weight is 365 g/mol. The zero-order valence-corrected chi connectivity index (χ0v) is 14.3. The predicted molar refractivity (Wildman–Crippen MR) is 91.3 cm³/mol. The number of H-pyrrole nitrogens is 1. The lowest BCUT2D eigenvalue weighted by Crippen LogP contribution is -2.42. The highest BCUT2D eigenvalue weighted by Gasteiger charge is 2.28. The van der Waals surface area contributed by atoms with Crippen LogP contribution in [0.4, 0.5) is 5.95 Å². The van der Waals surface area contributed by atoms with Gasteiger partial charge >= 0.3 is 0 Å². The summed E-state index contributed by atoms with van der Waals surface area (Å²) in [6.07, 6.45) is 3.01. The van der Waals surface area contributed by atoms with Gasteiger partial charge in [0.25, 0.3) is 11.8 Å². The summed E-state index contributed by atoms with van der Waals surface area (Å²) in [6, 6.07) is 4.05. The predicted octanol–water partition coefficient (Wildman–Crippen LogP) is 1.59. The van der Waals surface area contributed by atoms with E-state index in [9.17, 15) is 19.5 Å². The molecule has 9 heteroatoms. The Morgan fingerprint density at radius 3 is 2.60 bits per heavy atom. The van der Waals surface area contributed by atoms with Crippen LogP contribution in [0.25, 0.3) is 0 Å². The van der Waals surface area contributed by atoms with E-state index in [1.807, 2.05) is 0 Å². The lowest BCUT2D eigenvalue weighted by molar-refractivity contribution is -0.130. The highest BCUT2D eigenvalue weighted by molar-refractivity contribution is 6.34. The maximum absolute atomic E-state index is 12.2. The van der Waals surface area contributed by atoms with E-state index in [0.717, 1.165) is 0 Å². The van der Waals surface area contributed by atoms with E-state index >= 15 is 0 Å². The van der Waals surface area contributed by atoms with Gasteiger partial charge in [-0.3, -0.25) is 25.0 Å². The lowest BCUT2D eigenvalue weighted by Gasteiger charge is -2.19. The van der Waals surface area contributed by atoms with E-state index < -0.39 is 29.7 Å². The Hall–Kier alpha value is -2.71. The number of halogens is 1. The number of hydrogen-bond donors (Lipinski definition) is 4. The quantitative estimate of drug-likeness (QED) is 0.641. The zero-order chi connectivity index (χ0) is 18.6. The third kappa shape index (κ3) is 4.43. The molecule has 1 aromatic carbocycles. The molecular formula is C16H17ClN4O4. The van der Waals surface area contributed by atoms with Crippen LogP contribution in [-0.4, -0.2) is 39.4 Å². The molecule has 0 fully saturated rings. The fourth-order valence-electron chi connectivity index (χ4n) is 1.77. The first-order valence-electron chi connectivity index (χ1n) is 7.31. The van der Waals surface area contributed by atoms with Crippen molar-refractivity contribution < 1.29 is 19.5 Å². The Balaban J connectivity index is 2.19. The monoisotopic (exact) mass is 364 g/mol. The molecule has 0 radical (unpaired) electrons. The molecule has 1 aromatic heterocycles. The number of aliphatic hydroxyl groups is 1. The summed E-state index contributed by atoms with van der Waals surface area (Å²) in [5.74, 6) is -1.65. The van der Waals surface area contributed by atoms with Crippen LogP contribution < -0.4 is 10.6 Å². The van der Waals surface area contributed by atoms with Gasteiger partial charge in [0.15, 0.2) is 0 Å². The van der Waals surface area contributed by atoms with Crippen LogP contribution in [0.15, 0.2) is 30.6 Å². The van der Waals surface area contributed by atoms with Crippen molar-refractivity contribution >= 4 is 35.3 Å². The Bertz CT molecular complexity index is 802. The van der Waals surface area contributed by atoms with Crippen molar-refractivity contribution in [2.75, 3.05) is 11.9 Å². The van der Waals surface area contributed by atoms with Crippen molar-refractivity contribution in [2.45, 2.75) is 13.8 Å². The maximum atomic E-state index is 12.2. The van der Waals surface area contributed by atoms with Crippen molar-refractivity contribution in [1.82, 2.24) is 15.3 Å². The lowest BCUT2D eigenvalue weighted by atomic mass is 9.93. The Kier molecular flexibility index (Phi) is 5.55. The first-order chi connectivity index (χ1) is 11.7. The molecule has 132 valence electrons. The number of anilines is 1. The van der Waals surface area contributed by atoms with Crippen LogP contribution in [0.5, 0.6) is 0 Å². The number of carbonyl (C=O) groups excluding carboxylic acids is 3. The third-order valence-corrected chi connectivity index (χ3v) is 3.77. The van der Waals surface area contributed by atoms with Crippen LogP contribution in [0.2, 0.25) is 5.02 Å². The summed E-state index contributed by atoms with van der Waals surface area (Å²) >= 11 is 6.01. The van der Waals surface area contributed by atoms with Gasteiger partial charge in [0.05, 0.1) is 22.6 Å². The summed E-state index contributed by atoms with van der Waals surface area (Å²) in [7, 11) is 0. The average Bonchev–Trinajstić information content (AvgIpc) is 3.07. The summed E-state index contributed by atoms with van der Waals surface area (Å²) in [5, 5.41) is 14.0. The van der Waals surface area contributed by atoms with Crippen molar-refractivity contribution in [3.63, 3.8) is 0 Å². The van der Waals surface area contributed by atoms with Gasteiger partial charge in [-0.2, -0.15) is 0 Å². The van der Waals surface area contributed by atoms with Gasteiger partial charge in [-0.1, -0.05) is 11.6 Å². The molecule has 0 aliphatic heterocycles. The Morgan fingerprint density at radius 1 is 1.28 bits per heavy atom. The molecule has 0 saturated heterocycles. The minimum absolute atomic E-state index is 0.0552. The number of aromatic amines is 1. The molecule has 0 unspecified atom stereocenters. The molecule has 0 spiro atoms. The maximum Gasteiger partial charge on any atom is 0.259 e. The fourth-order valence-corrected chi connectivity index (χ4v) is 1.97. The van der Waals surface area contributed by atoms with Gasteiger partial charge in [0.2, 0.25) is 11.9 Å². The minimum Gasteiger partial charge on any atom is -0.395 e. The normalized spacial score (nSPS) is 11.0. The minimum atomic E-state index is -1.11. The van der Waals surface area contributed by atoms with E-state index in [-0.39, 0.29) is 22.1 Å². The Labute approximate surface area is 148 Å². The smallest absolute Gasteiger partial charge is 0.259 e. The van der Waals surface area contributed by atoms with E-state index in [4.69, 9.17) is 11.6 Å². The van der Waals surface area contributed by atoms with Crippen LogP contribution in [0, 0.1) is 5.41 Å². The molecule has 25 heavy (non-hydrogen) atoms. The number of aromatic nitrogens is 2. The van der Waals surface area contributed by atoms with Gasteiger partial charge in [-0.25, -0.2) is 4.98 Å². The molecule has 4 N–H and O–H groups in total. The molecular weight excluding hydrogens is 348 g/mol. The number of amides is 3. The van der Waals surface area contributed by atoms with Crippen molar-refractivity contribution in [1.29, 1.82) is 0 Å². The number of rotatable bonds is 5. The van der Waals surface area contributed by atoms with Crippen molar-refractivity contribution in [3.05, 3.63) is 46.7 Å². The molecule has 0 bridgehead atoms. The number of aliphatic hydroxyl groups excluding tert-OH is 1. The van der Waals surface area contributed by atoms with E-state index in [1.54, 1.807) is 0 Å². The van der Waals surface area contributed by atoms with Gasteiger partial charge in [0.1, 0.15) is 0 Å². The zero-order valence-electron chi connectivity index (χ0n) is 13.6. The SMILES string of the molecule is CC(C)(CO)C(=O)NC(=O)c1ccc(Cl)c(C(=O)Nc2ncc[nH]2)c1. The van der Waals surface area contributed by atoms with Crippen LogP contribution in [0.3, 0.4) is 0 Å². The number of nitrogens with zero attached hydrogens (tertiary/aromatic N) is 1. The summed E-state index contributed by atoms with van der Waals surface area (Å²) < 4.78 is 0. The molecule has 0 saturated carbocycles. The second-order valence-corrected chi connectivity index (χ2v) is 6.32. The van der Waals surface area contributed by atoms with Crippen LogP contribution in [-0.2, 0) is 4.79 Å². The number of benzene rings is 1. The summed E-state index contributed by atoms with van der Waals surface area (Å²) in [6.45, 7) is 2.59. The van der Waals surface area contributed by atoms with Crippen molar-refractivity contribution in [3.8, 4) is 0 Å². The summed E-state index contributed by atoms with van der Waals surface area (Å²) in [5.41, 5.74) is -0.975. The molecule has 3 amide bonds. The van der Waals surface area contributed by atoms with Crippen LogP contribution >= 0.6 is 11.6 Å². The van der Waals surface area contributed by atoms with Gasteiger partial charge in [-0.05, 0) is 32.0 Å². The largest absolute Gasteiger partial charge is 0.395 e. The van der Waals surface area contributed by atoms with Gasteiger partial charge < -0.3 is 10.1 Å². The molecule has 8 nitrogen and oxygen atoms in total. The number of hydrogen-bond acceptors (Lipinski definition) is 5. The molecule has 2 aromatic rings. The number of imide groups is 1. The van der Waals surface area contributed by atoms with Crippen LogP contribution in [0.1, 0.15) is 34.6 Å². The number of imidazole rings is 1. The fraction of sp³-hybridized carbons (Fsp3) is 0.250. The van der Waals surface area contributed by atoms with E-state index in [0.29, 0.717) is 0 Å². The van der Waals surface area contributed by atoms with Crippen molar-refractivity contribution in [2.24, 2.45) is 5.41 Å². The molecule has 0 aliphatic rings. The molecule has 0 atom stereocenters. The third-order valence-electron chi connectivity index (χ3n) is 3.44.